The standard InChI is InChI=1S/C23H42NO14P3S3/c1-15-10-18(19(36-15)12-35-40(30,31)38-41(32,33)37-39(27,28)29)34-14-43-44-23(2,3)9-8-17(25)6-4-5-7-20-22-16(13-42-20)11-21(26)24-22/h15-16,18-20,22H,4-14H2,1-3H3,(H,24,26)(H,30,31)(H,32,33)(H2,27,28,29)/t15-,16?,18?,19+,20?,22?/m0/s1. The number of unbranched alkanes of at least 4 members (excludes halogenated alkanes) is 1. The predicted molar refractivity (Wildman–Crippen MR) is 167 cm³/mol. The van der Waals surface area contributed by atoms with Gasteiger partial charge in [0.25, 0.3) is 0 Å². The minimum absolute atomic E-state index is 0.157. The van der Waals surface area contributed by atoms with E-state index in [2.05, 4.69) is 13.9 Å². The Labute approximate surface area is 269 Å². The van der Waals surface area contributed by atoms with Gasteiger partial charge in [0.15, 0.2) is 0 Å². The van der Waals surface area contributed by atoms with E-state index in [1.807, 2.05) is 25.6 Å². The van der Waals surface area contributed by atoms with Crippen LogP contribution in [0.1, 0.15) is 72.1 Å². The van der Waals surface area contributed by atoms with Gasteiger partial charge in [0.2, 0.25) is 5.91 Å². The summed E-state index contributed by atoms with van der Waals surface area (Å²) in [6, 6.07) is 0.291. The van der Waals surface area contributed by atoms with Crippen LogP contribution < -0.4 is 5.32 Å². The van der Waals surface area contributed by atoms with Crippen LogP contribution >= 0.6 is 56.8 Å². The molecule has 256 valence electrons. The summed E-state index contributed by atoms with van der Waals surface area (Å²) in [6.45, 7) is 5.30. The van der Waals surface area contributed by atoms with Crippen molar-refractivity contribution >= 4 is 68.5 Å². The molecule has 0 aliphatic carbocycles. The number of carbonyl (C=O) groups is 2. The zero-order valence-electron chi connectivity index (χ0n) is 24.7. The van der Waals surface area contributed by atoms with Crippen molar-refractivity contribution in [3.05, 3.63) is 0 Å². The third-order valence-electron chi connectivity index (χ3n) is 7.23. The molecule has 3 aliphatic rings. The zero-order chi connectivity index (χ0) is 32.8. The molecule has 3 saturated heterocycles. The molecule has 0 spiro atoms. The van der Waals surface area contributed by atoms with E-state index in [1.165, 1.54) is 10.8 Å². The first-order valence-electron chi connectivity index (χ1n) is 14.1. The number of thioether (sulfide) groups is 1. The second kappa shape index (κ2) is 16.8. The highest BCUT2D eigenvalue weighted by Gasteiger charge is 2.44. The maximum Gasteiger partial charge on any atom is 0.490 e. The minimum Gasteiger partial charge on any atom is -0.370 e. The first-order valence-corrected chi connectivity index (χ1v) is 22.0. The Hall–Kier alpha value is 0.520. The fourth-order valence-electron chi connectivity index (χ4n) is 5.19. The molecule has 1 amide bonds. The summed E-state index contributed by atoms with van der Waals surface area (Å²) in [5, 5.41) is 3.55. The van der Waals surface area contributed by atoms with Crippen molar-refractivity contribution in [3.8, 4) is 0 Å². The Morgan fingerprint density at radius 1 is 1.11 bits per heavy atom. The molecule has 0 bridgehead atoms. The van der Waals surface area contributed by atoms with Crippen LogP contribution in [0.5, 0.6) is 0 Å². The van der Waals surface area contributed by atoms with Gasteiger partial charge in [-0.15, -0.1) is 0 Å². The Kier molecular flexibility index (Phi) is 14.8. The molecule has 5 N–H and O–H groups in total. The van der Waals surface area contributed by atoms with Crippen molar-refractivity contribution in [1.82, 2.24) is 5.32 Å². The summed E-state index contributed by atoms with van der Waals surface area (Å²) in [4.78, 5) is 60.4. The summed E-state index contributed by atoms with van der Waals surface area (Å²) in [6.07, 6.45) is 4.03. The number of nitrogens with one attached hydrogen (secondary N) is 1. The highest BCUT2D eigenvalue weighted by Crippen LogP contribution is 2.66. The van der Waals surface area contributed by atoms with Gasteiger partial charge in [0.05, 0.1) is 18.8 Å². The van der Waals surface area contributed by atoms with E-state index in [-0.39, 0.29) is 28.5 Å². The molecular formula is C23H42NO14P3S3. The van der Waals surface area contributed by atoms with Crippen LogP contribution in [0, 0.1) is 5.92 Å². The summed E-state index contributed by atoms with van der Waals surface area (Å²) < 4.78 is 57.7. The monoisotopic (exact) mass is 745 g/mol. The Morgan fingerprint density at radius 2 is 1.84 bits per heavy atom. The van der Waals surface area contributed by atoms with Crippen molar-refractivity contribution < 1.29 is 65.5 Å². The van der Waals surface area contributed by atoms with Gasteiger partial charge in [-0.1, -0.05) is 28.0 Å². The number of amides is 1. The first kappa shape index (κ1) is 39.0. The maximum absolute atomic E-state index is 12.5. The van der Waals surface area contributed by atoms with Crippen LogP contribution in [0.15, 0.2) is 0 Å². The molecule has 6 unspecified atom stereocenters. The fraction of sp³-hybridized carbons (Fsp3) is 0.913. The van der Waals surface area contributed by atoms with Crippen LogP contribution in [-0.2, 0) is 45.9 Å². The fourth-order valence-corrected chi connectivity index (χ4v) is 12.2. The normalized spacial score (nSPS) is 30.1. The van der Waals surface area contributed by atoms with Crippen molar-refractivity contribution in [3.63, 3.8) is 0 Å². The number of hydrogen-bond acceptors (Lipinski definition) is 13. The highest BCUT2D eigenvalue weighted by atomic mass is 33.1. The molecule has 3 rings (SSSR count). The Morgan fingerprint density at radius 3 is 2.55 bits per heavy atom. The third kappa shape index (κ3) is 13.9. The van der Waals surface area contributed by atoms with Gasteiger partial charge in [-0.05, 0) is 51.7 Å². The van der Waals surface area contributed by atoms with E-state index in [4.69, 9.17) is 23.8 Å². The number of hydrogen-bond donors (Lipinski definition) is 5. The molecule has 0 aromatic carbocycles. The van der Waals surface area contributed by atoms with E-state index in [9.17, 15) is 33.1 Å². The molecule has 8 atom stereocenters. The predicted octanol–water partition coefficient (Wildman–Crippen LogP) is 4.54. The first-order chi connectivity index (χ1) is 20.3. The Bertz CT molecular complexity index is 1140. The van der Waals surface area contributed by atoms with Crippen LogP contribution in [0.25, 0.3) is 0 Å². The van der Waals surface area contributed by atoms with Gasteiger partial charge in [0.1, 0.15) is 17.8 Å². The van der Waals surface area contributed by atoms with Gasteiger partial charge in [0, 0.05) is 41.7 Å². The smallest absolute Gasteiger partial charge is 0.370 e. The second-order valence-electron chi connectivity index (χ2n) is 11.6. The molecule has 3 fully saturated rings. The highest BCUT2D eigenvalue weighted by molar-refractivity contribution is 8.77. The molecular weight excluding hydrogens is 703 g/mol. The van der Waals surface area contributed by atoms with E-state index in [0.717, 1.165) is 25.0 Å². The van der Waals surface area contributed by atoms with Crippen molar-refractivity contribution in [2.45, 2.75) is 106 Å². The van der Waals surface area contributed by atoms with Crippen LogP contribution in [0.3, 0.4) is 0 Å². The number of carbonyl (C=O) groups excluding carboxylic acids is 2. The second-order valence-corrected chi connectivity index (χ2v) is 20.2. The molecule has 0 saturated carbocycles. The minimum atomic E-state index is -5.60. The molecule has 3 aliphatic heterocycles. The van der Waals surface area contributed by atoms with Gasteiger partial charge in [-0.3, -0.25) is 14.1 Å². The van der Waals surface area contributed by atoms with Crippen LogP contribution in [-0.4, -0.2) is 83.9 Å². The van der Waals surface area contributed by atoms with E-state index < -0.39 is 42.3 Å². The molecule has 0 aromatic rings. The SMILES string of the molecule is C[C@H]1CC(OCSSC(C)(C)CCC(=O)CCCCC2SCC3CC(=O)NC32)[C@@H](COP(=O)(O)OP(=O)(O)OP(=O)(O)O)O1. The summed E-state index contributed by atoms with van der Waals surface area (Å²) in [5.41, 5.74) is 0. The lowest BCUT2D eigenvalue weighted by Crippen LogP contribution is -2.34. The molecule has 21 heteroatoms. The van der Waals surface area contributed by atoms with Crippen LogP contribution in [0.2, 0.25) is 0 Å². The van der Waals surface area contributed by atoms with Gasteiger partial charge >= 0.3 is 23.5 Å². The topological polar surface area (TPSA) is 224 Å². The lowest BCUT2D eigenvalue weighted by atomic mass is 9.96. The largest absolute Gasteiger partial charge is 0.490 e. The molecule has 44 heavy (non-hydrogen) atoms. The number of rotatable bonds is 20. The van der Waals surface area contributed by atoms with Gasteiger partial charge < -0.3 is 34.4 Å². The number of phosphoric acid groups is 3. The van der Waals surface area contributed by atoms with Gasteiger partial charge in [-0.2, -0.15) is 20.4 Å². The maximum atomic E-state index is 12.5. The van der Waals surface area contributed by atoms with Gasteiger partial charge in [-0.25, -0.2) is 13.7 Å². The number of ketones is 1. The number of phosphoric ester groups is 1. The lowest BCUT2D eigenvalue weighted by Gasteiger charge is -2.24. The lowest BCUT2D eigenvalue weighted by molar-refractivity contribution is -0.120. The van der Waals surface area contributed by atoms with E-state index >= 15 is 0 Å². The number of ether oxygens (including phenoxy) is 2. The van der Waals surface area contributed by atoms with Crippen molar-refractivity contribution in [2.75, 3.05) is 18.3 Å². The Balaban J connectivity index is 1.29. The summed E-state index contributed by atoms with van der Waals surface area (Å²) in [5.74, 6) is 2.13. The summed E-state index contributed by atoms with van der Waals surface area (Å²) >= 11 is 1.93. The quantitative estimate of drug-likeness (QED) is 0.0499. The third-order valence-corrected chi connectivity index (χ3v) is 15.6. The molecule has 0 radical (unpaired) electrons. The van der Waals surface area contributed by atoms with Crippen molar-refractivity contribution in [1.29, 1.82) is 0 Å². The zero-order valence-corrected chi connectivity index (χ0v) is 29.8. The van der Waals surface area contributed by atoms with Crippen LogP contribution in [0.4, 0.5) is 0 Å². The van der Waals surface area contributed by atoms with E-state index in [0.29, 0.717) is 49.3 Å². The molecule has 3 heterocycles. The average molecular weight is 746 g/mol. The molecule has 15 nitrogen and oxygen atoms in total. The number of fused-ring (bicyclic) bond motifs is 1. The summed E-state index contributed by atoms with van der Waals surface area (Å²) in [7, 11) is -13.3. The van der Waals surface area contributed by atoms with Crippen molar-refractivity contribution in [2.24, 2.45) is 5.92 Å². The molecule has 0 aromatic heterocycles. The number of Topliss-reactive ketones (excluding diaryl/α,β-unsaturated/α-hetero) is 1. The average Bonchev–Trinajstić information content (AvgIpc) is 3.53. The van der Waals surface area contributed by atoms with E-state index in [1.54, 1.807) is 17.7 Å².